The highest BCUT2D eigenvalue weighted by Crippen LogP contribution is 2.35. The zero-order valence-corrected chi connectivity index (χ0v) is 30.3. The lowest BCUT2D eigenvalue weighted by Crippen LogP contribution is -2.34. The molecule has 0 fully saturated rings. The molecule has 0 aliphatic carbocycles. The van der Waals surface area contributed by atoms with Crippen molar-refractivity contribution in [3.63, 3.8) is 0 Å². The molecule has 47 heavy (non-hydrogen) atoms. The van der Waals surface area contributed by atoms with Gasteiger partial charge in [0.2, 0.25) is 0 Å². The lowest BCUT2D eigenvalue weighted by molar-refractivity contribution is -0.161. The van der Waals surface area contributed by atoms with E-state index in [1.807, 2.05) is 0 Å². The minimum atomic E-state index is -4.60. The monoisotopic (exact) mass is 697 g/mol. The molecule has 0 saturated heterocycles. The summed E-state index contributed by atoms with van der Waals surface area (Å²) in [4.78, 5) is 50.1. The number of phosphoric acid groups is 1. The summed E-state index contributed by atoms with van der Waals surface area (Å²) in [5.74, 6) is -1.96. The Morgan fingerprint density at radius 3 is 1.32 bits per heavy atom. The van der Waals surface area contributed by atoms with E-state index >= 15 is 0 Å². The molecule has 0 amide bonds. The predicted octanol–water partition coefficient (Wildman–Crippen LogP) is 7.34. The van der Waals surface area contributed by atoms with Gasteiger partial charge in [0, 0.05) is 12.8 Å². The van der Waals surface area contributed by atoms with Gasteiger partial charge >= 0.3 is 25.7 Å². The first-order valence-corrected chi connectivity index (χ1v) is 19.6. The molecule has 0 spiro atoms. The molecule has 6 N–H and O–H groups in total. The van der Waals surface area contributed by atoms with Crippen LogP contribution in [0.3, 0.4) is 0 Å². The molecule has 0 aromatic rings. The number of carbonyl (C=O) groups is 3. The van der Waals surface area contributed by atoms with Gasteiger partial charge in [-0.25, -0.2) is 4.57 Å². The van der Waals surface area contributed by atoms with Gasteiger partial charge in [0.15, 0.2) is 6.10 Å². The molecule has 0 saturated carbocycles. The molecule has 0 radical (unpaired) electrons. The van der Waals surface area contributed by atoms with E-state index < -0.39 is 32.5 Å². The fourth-order valence-corrected chi connectivity index (χ4v) is 5.10. The maximum Gasteiger partial charge on any atom is 0.469 e. The van der Waals surface area contributed by atoms with Crippen LogP contribution in [-0.4, -0.2) is 69.9 Å². The molecule has 0 heterocycles. The highest BCUT2D eigenvalue weighted by atomic mass is 31.2. The normalized spacial score (nSPS) is 12.6. The van der Waals surface area contributed by atoms with E-state index in [0.29, 0.717) is 12.8 Å². The number of rotatable bonds is 32. The first-order valence-electron chi connectivity index (χ1n) is 18.1. The summed E-state index contributed by atoms with van der Waals surface area (Å²) in [5, 5.41) is 17.6. The topological polar surface area (TPSA) is 203 Å². The molecule has 0 aromatic heterocycles. The predicted molar refractivity (Wildman–Crippen MR) is 184 cm³/mol. The van der Waals surface area contributed by atoms with Crippen molar-refractivity contribution in [2.24, 2.45) is 5.73 Å². The van der Waals surface area contributed by atoms with Gasteiger partial charge in [-0.1, -0.05) is 142 Å². The first-order chi connectivity index (χ1) is 22.5. The third-order valence-corrected chi connectivity index (χ3v) is 8.13. The van der Waals surface area contributed by atoms with E-state index in [2.05, 4.69) is 18.4 Å². The summed E-state index contributed by atoms with van der Waals surface area (Å²) in [6.07, 6.45) is 27.2. The number of nitrogens with two attached hydrogens (primary N) is 1. The molecular weight excluding hydrogens is 629 g/mol. The van der Waals surface area contributed by atoms with Crippen LogP contribution in [0.2, 0.25) is 0 Å². The minimum absolute atomic E-state index is 0.0582. The SMILES string of the molecule is CCCCCCCCCCCCCC(=O)OCC(CO)OC(=O)CCCCCCCCCCCCC.NC(COP(=O)(O)O)C(=O)O. The number of hydrogen-bond acceptors (Lipinski definition) is 9. The van der Waals surface area contributed by atoms with Gasteiger partial charge in [-0.15, -0.1) is 0 Å². The molecule has 0 aliphatic rings. The fourth-order valence-electron chi connectivity index (χ4n) is 4.74. The molecule has 280 valence electrons. The molecule has 12 nitrogen and oxygen atoms in total. The average molecular weight is 698 g/mol. The summed E-state index contributed by atoms with van der Waals surface area (Å²) in [6, 6.07) is -1.41. The minimum Gasteiger partial charge on any atom is -0.480 e. The number of phosphoric ester groups is 1. The molecule has 13 heteroatoms. The van der Waals surface area contributed by atoms with Crippen molar-refractivity contribution in [1.82, 2.24) is 0 Å². The van der Waals surface area contributed by atoms with Crippen LogP contribution in [0.5, 0.6) is 0 Å². The third kappa shape index (κ3) is 38.8. The molecule has 0 rings (SSSR count). The quantitative estimate of drug-likeness (QED) is 0.0266. The Balaban J connectivity index is 0. The maximum absolute atomic E-state index is 12.0. The number of aliphatic hydroxyl groups excluding tert-OH is 1. The van der Waals surface area contributed by atoms with Crippen molar-refractivity contribution >= 4 is 25.7 Å². The van der Waals surface area contributed by atoms with Gasteiger partial charge in [0.05, 0.1) is 13.2 Å². The second-order valence-electron chi connectivity index (χ2n) is 12.3. The van der Waals surface area contributed by atoms with E-state index in [0.717, 1.165) is 38.5 Å². The van der Waals surface area contributed by atoms with Crippen molar-refractivity contribution < 1.29 is 52.9 Å². The smallest absolute Gasteiger partial charge is 0.469 e. The van der Waals surface area contributed by atoms with Crippen LogP contribution in [0.15, 0.2) is 0 Å². The summed E-state index contributed by atoms with van der Waals surface area (Å²) in [5.41, 5.74) is 4.86. The van der Waals surface area contributed by atoms with Crippen LogP contribution >= 0.6 is 7.82 Å². The largest absolute Gasteiger partial charge is 0.480 e. The van der Waals surface area contributed by atoms with E-state index in [1.54, 1.807) is 0 Å². The van der Waals surface area contributed by atoms with Crippen molar-refractivity contribution in [3.8, 4) is 0 Å². The van der Waals surface area contributed by atoms with Crippen molar-refractivity contribution in [2.75, 3.05) is 19.8 Å². The number of carbonyl (C=O) groups excluding carboxylic acids is 2. The molecule has 2 atom stereocenters. The first kappa shape index (κ1) is 47.6. The molecule has 0 bridgehead atoms. The number of ether oxygens (including phenoxy) is 2. The standard InChI is InChI=1S/C31H60O5.C3H8NO6P/c1-3-5-7-9-11-13-15-17-19-21-23-25-30(33)35-28-29(27-32)36-31(34)26-24-22-20-18-16-14-12-10-8-6-4-2;4-2(3(5)6)1-10-11(7,8)9/h29,32H,3-28H2,1-2H3;2H,1,4H2,(H,5,6)(H2,7,8,9). The molecular formula is C34H68NO11P. The zero-order chi connectivity index (χ0) is 35.6. The summed E-state index contributed by atoms with van der Waals surface area (Å²) < 4.78 is 24.3. The number of unbranched alkanes of at least 4 members (excludes halogenated alkanes) is 20. The Morgan fingerprint density at radius 2 is 0.979 bits per heavy atom. The van der Waals surface area contributed by atoms with Crippen LogP contribution in [0.1, 0.15) is 168 Å². The maximum atomic E-state index is 12.0. The number of esters is 2. The van der Waals surface area contributed by atoms with E-state index in [9.17, 15) is 24.1 Å². The van der Waals surface area contributed by atoms with Gasteiger partial charge < -0.3 is 35.2 Å². The number of hydrogen-bond donors (Lipinski definition) is 5. The Kier molecular flexibility index (Phi) is 34.7. The Hall–Kier alpha value is -1.56. The van der Waals surface area contributed by atoms with Gasteiger partial charge in [-0.05, 0) is 12.8 Å². The van der Waals surface area contributed by atoms with Crippen molar-refractivity contribution in [2.45, 2.75) is 180 Å². The Labute approximate surface area is 284 Å². The Bertz CT molecular complexity index is 794. The van der Waals surface area contributed by atoms with Crippen LogP contribution < -0.4 is 5.73 Å². The average Bonchev–Trinajstić information content (AvgIpc) is 3.03. The second kappa shape index (κ2) is 34.3. The van der Waals surface area contributed by atoms with Gasteiger partial charge in [-0.3, -0.25) is 18.9 Å². The number of carboxylic acid groups (broad SMARTS) is 1. The summed E-state index contributed by atoms with van der Waals surface area (Å²) in [7, 11) is -4.60. The fraction of sp³-hybridized carbons (Fsp3) is 0.912. The van der Waals surface area contributed by atoms with E-state index in [-0.39, 0.29) is 25.2 Å². The zero-order valence-electron chi connectivity index (χ0n) is 29.4. The van der Waals surface area contributed by atoms with Crippen LogP contribution in [0.4, 0.5) is 0 Å². The highest BCUT2D eigenvalue weighted by molar-refractivity contribution is 7.46. The molecule has 2 unspecified atom stereocenters. The summed E-state index contributed by atoms with van der Waals surface area (Å²) in [6.45, 7) is 3.40. The van der Waals surface area contributed by atoms with Gasteiger partial charge in [0.25, 0.3) is 0 Å². The Morgan fingerprint density at radius 1 is 0.617 bits per heavy atom. The lowest BCUT2D eigenvalue weighted by atomic mass is 10.1. The number of aliphatic hydroxyl groups is 1. The van der Waals surface area contributed by atoms with Crippen molar-refractivity contribution in [1.29, 1.82) is 0 Å². The number of aliphatic carboxylic acids is 1. The van der Waals surface area contributed by atoms with Crippen LogP contribution in [0.25, 0.3) is 0 Å². The van der Waals surface area contributed by atoms with Crippen molar-refractivity contribution in [3.05, 3.63) is 0 Å². The van der Waals surface area contributed by atoms with E-state index in [4.69, 9.17) is 30.1 Å². The lowest BCUT2D eigenvalue weighted by Gasteiger charge is -2.15. The molecule has 0 aromatic carbocycles. The van der Waals surface area contributed by atoms with Gasteiger partial charge in [0.1, 0.15) is 12.6 Å². The van der Waals surface area contributed by atoms with Gasteiger partial charge in [-0.2, -0.15) is 0 Å². The third-order valence-electron chi connectivity index (χ3n) is 7.64. The van der Waals surface area contributed by atoms with Crippen LogP contribution in [-0.2, 0) is 32.9 Å². The highest BCUT2D eigenvalue weighted by Gasteiger charge is 2.19. The van der Waals surface area contributed by atoms with Crippen LogP contribution in [0, 0.1) is 0 Å². The summed E-state index contributed by atoms with van der Waals surface area (Å²) >= 11 is 0. The number of carboxylic acids is 1. The second-order valence-corrected chi connectivity index (χ2v) is 13.5. The van der Waals surface area contributed by atoms with E-state index in [1.165, 1.54) is 103 Å². The molecule has 0 aliphatic heterocycles.